The lowest BCUT2D eigenvalue weighted by molar-refractivity contribution is 0.123. The van der Waals surface area contributed by atoms with Crippen LogP contribution in [0.5, 0.6) is 0 Å². The first-order valence-electron chi connectivity index (χ1n) is 7.34. The van der Waals surface area contributed by atoms with Crippen molar-refractivity contribution in [2.24, 2.45) is 5.41 Å². The average molecular weight is 258 g/mol. The van der Waals surface area contributed by atoms with Crippen molar-refractivity contribution in [3.8, 4) is 0 Å². The Hall–Kier alpha value is -0.120. The van der Waals surface area contributed by atoms with Gasteiger partial charge in [-0.25, -0.2) is 0 Å². The summed E-state index contributed by atoms with van der Waals surface area (Å²) in [6.07, 6.45) is 2.30. The van der Waals surface area contributed by atoms with E-state index in [1.165, 1.54) is 0 Å². The minimum atomic E-state index is 0.170. The molecule has 0 aromatic carbocycles. The molecule has 0 aliphatic rings. The molecule has 0 heterocycles. The van der Waals surface area contributed by atoms with E-state index in [0.717, 1.165) is 39.0 Å². The van der Waals surface area contributed by atoms with Gasteiger partial charge in [-0.3, -0.25) is 0 Å². The number of nitrogens with zero attached hydrogens (tertiary/aromatic N) is 1. The summed E-state index contributed by atoms with van der Waals surface area (Å²) in [5.41, 5.74) is 0.445. The first-order valence-corrected chi connectivity index (χ1v) is 7.34. The molecular formula is C15H34N2O. The van der Waals surface area contributed by atoms with Gasteiger partial charge < -0.3 is 15.3 Å². The first kappa shape index (κ1) is 17.9. The van der Waals surface area contributed by atoms with E-state index in [1.54, 1.807) is 0 Å². The van der Waals surface area contributed by atoms with Crippen molar-refractivity contribution in [2.45, 2.75) is 59.9 Å². The van der Waals surface area contributed by atoms with E-state index >= 15 is 0 Å². The summed E-state index contributed by atoms with van der Waals surface area (Å²) in [6, 6.07) is 0. The first-order chi connectivity index (χ1) is 8.26. The molecule has 18 heavy (non-hydrogen) atoms. The summed E-state index contributed by atoms with van der Waals surface area (Å²) >= 11 is 0. The maximum absolute atomic E-state index is 9.13. The van der Waals surface area contributed by atoms with Crippen molar-refractivity contribution >= 4 is 0 Å². The molecule has 0 aromatic heterocycles. The van der Waals surface area contributed by atoms with E-state index in [0.29, 0.717) is 0 Å². The van der Waals surface area contributed by atoms with Crippen LogP contribution in [0, 0.1) is 5.41 Å². The highest BCUT2D eigenvalue weighted by Crippen LogP contribution is 2.22. The molecule has 0 saturated heterocycles. The molecule has 3 heteroatoms. The third kappa shape index (κ3) is 8.06. The van der Waals surface area contributed by atoms with Crippen LogP contribution in [0.15, 0.2) is 0 Å². The predicted molar refractivity (Wildman–Crippen MR) is 80.0 cm³/mol. The molecule has 0 fully saturated rings. The summed E-state index contributed by atoms with van der Waals surface area (Å²) in [7, 11) is 0. The molecule has 1 unspecified atom stereocenters. The normalized spacial score (nSPS) is 16.0. The molecule has 110 valence electrons. The molecule has 0 aromatic rings. The molecule has 3 nitrogen and oxygen atoms in total. The van der Waals surface area contributed by atoms with Crippen LogP contribution < -0.4 is 5.32 Å². The molecule has 0 saturated carbocycles. The Kier molecular flexibility index (Phi) is 8.08. The van der Waals surface area contributed by atoms with E-state index in [-0.39, 0.29) is 17.6 Å². The van der Waals surface area contributed by atoms with Crippen molar-refractivity contribution in [2.75, 3.05) is 32.8 Å². The van der Waals surface area contributed by atoms with Crippen LogP contribution in [0.1, 0.15) is 54.4 Å². The highest BCUT2D eigenvalue weighted by atomic mass is 16.3. The van der Waals surface area contributed by atoms with Gasteiger partial charge >= 0.3 is 0 Å². The summed E-state index contributed by atoms with van der Waals surface area (Å²) in [4.78, 5) is 2.38. The van der Waals surface area contributed by atoms with Gasteiger partial charge in [0.05, 0.1) is 6.61 Å². The SMILES string of the molecule is CCCN(CCO)CC(C)(CC)CNC(C)(C)C. The number of rotatable bonds is 9. The zero-order valence-electron chi connectivity index (χ0n) is 13.3. The fraction of sp³-hybridized carbons (Fsp3) is 1.00. The zero-order chi connectivity index (χ0) is 14.2. The Morgan fingerprint density at radius 2 is 1.67 bits per heavy atom. The van der Waals surface area contributed by atoms with Gasteiger partial charge in [-0.2, -0.15) is 0 Å². The molecule has 0 radical (unpaired) electrons. The highest BCUT2D eigenvalue weighted by Gasteiger charge is 2.26. The number of aliphatic hydroxyl groups is 1. The number of hydrogen-bond acceptors (Lipinski definition) is 3. The Labute approximate surface area is 114 Å². The third-order valence-electron chi connectivity index (χ3n) is 3.46. The van der Waals surface area contributed by atoms with Crippen molar-refractivity contribution < 1.29 is 5.11 Å². The molecule has 0 amide bonds. The third-order valence-corrected chi connectivity index (χ3v) is 3.46. The topological polar surface area (TPSA) is 35.5 Å². The quantitative estimate of drug-likeness (QED) is 0.667. The van der Waals surface area contributed by atoms with Crippen LogP contribution in [0.3, 0.4) is 0 Å². The average Bonchev–Trinajstić information content (AvgIpc) is 2.26. The van der Waals surface area contributed by atoms with E-state index in [9.17, 15) is 0 Å². The predicted octanol–water partition coefficient (Wildman–Crippen LogP) is 2.50. The standard InChI is InChI=1S/C15H34N2O/c1-7-9-17(10-11-18)13-15(6,8-2)12-16-14(3,4)5/h16,18H,7-13H2,1-6H3. The maximum Gasteiger partial charge on any atom is 0.0558 e. The Bertz CT molecular complexity index is 207. The summed E-state index contributed by atoms with van der Waals surface area (Å²) in [5.74, 6) is 0. The molecule has 0 spiro atoms. The van der Waals surface area contributed by atoms with Crippen LogP contribution in [0.25, 0.3) is 0 Å². The second-order valence-corrected chi connectivity index (χ2v) is 6.77. The van der Waals surface area contributed by atoms with Crippen LogP contribution in [-0.2, 0) is 0 Å². The molecule has 0 aliphatic carbocycles. The Morgan fingerprint density at radius 1 is 1.06 bits per heavy atom. The molecule has 0 aliphatic heterocycles. The monoisotopic (exact) mass is 258 g/mol. The van der Waals surface area contributed by atoms with Gasteiger partial charge in [0.15, 0.2) is 0 Å². The van der Waals surface area contributed by atoms with Crippen molar-refractivity contribution in [1.29, 1.82) is 0 Å². The maximum atomic E-state index is 9.13. The fourth-order valence-electron chi connectivity index (χ4n) is 2.04. The van der Waals surface area contributed by atoms with E-state index in [2.05, 4.69) is 51.8 Å². The number of hydrogen-bond donors (Lipinski definition) is 2. The van der Waals surface area contributed by atoms with Crippen LogP contribution in [-0.4, -0.2) is 48.3 Å². The van der Waals surface area contributed by atoms with Crippen molar-refractivity contribution in [1.82, 2.24) is 10.2 Å². The molecule has 2 N–H and O–H groups in total. The fourth-order valence-corrected chi connectivity index (χ4v) is 2.04. The molecule has 0 rings (SSSR count). The Morgan fingerprint density at radius 3 is 2.06 bits per heavy atom. The second kappa shape index (κ2) is 8.13. The molecular weight excluding hydrogens is 224 g/mol. The highest BCUT2D eigenvalue weighted by molar-refractivity contribution is 4.83. The number of nitrogens with one attached hydrogen (secondary N) is 1. The van der Waals surface area contributed by atoms with E-state index in [4.69, 9.17) is 5.11 Å². The minimum Gasteiger partial charge on any atom is -0.395 e. The van der Waals surface area contributed by atoms with E-state index in [1.807, 2.05) is 0 Å². The van der Waals surface area contributed by atoms with E-state index < -0.39 is 0 Å². The van der Waals surface area contributed by atoms with Gasteiger partial charge in [0, 0.05) is 25.2 Å². The minimum absolute atomic E-state index is 0.170. The lowest BCUT2D eigenvalue weighted by atomic mass is 9.85. The summed E-state index contributed by atoms with van der Waals surface area (Å²) < 4.78 is 0. The van der Waals surface area contributed by atoms with Gasteiger partial charge in [0.1, 0.15) is 0 Å². The van der Waals surface area contributed by atoms with Gasteiger partial charge in [-0.05, 0) is 45.6 Å². The van der Waals surface area contributed by atoms with Crippen LogP contribution in [0.2, 0.25) is 0 Å². The smallest absolute Gasteiger partial charge is 0.0558 e. The lowest BCUT2D eigenvalue weighted by Gasteiger charge is -2.37. The van der Waals surface area contributed by atoms with Gasteiger partial charge in [0.2, 0.25) is 0 Å². The summed E-state index contributed by atoms with van der Waals surface area (Å²) in [6.45, 7) is 17.6. The Balaban J connectivity index is 4.41. The zero-order valence-corrected chi connectivity index (χ0v) is 13.3. The van der Waals surface area contributed by atoms with Gasteiger partial charge in [-0.1, -0.05) is 20.8 Å². The largest absolute Gasteiger partial charge is 0.395 e. The molecule has 1 atom stereocenters. The van der Waals surface area contributed by atoms with Gasteiger partial charge in [-0.15, -0.1) is 0 Å². The van der Waals surface area contributed by atoms with Crippen molar-refractivity contribution in [3.63, 3.8) is 0 Å². The van der Waals surface area contributed by atoms with Crippen molar-refractivity contribution in [3.05, 3.63) is 0 Å². The molecule has 0 bridgehead atoms. The lowest BCUT2D eigenvalue weighted by Crippen LogP contribution is -2.48. The van der Waals surface area contributed by atoms with Crippen LogP contribution in [0.4, 0.5) is 0 Å². The van der Waals surface area contributed by atoms with Gasteiger partial charge in [0.25, 0.3) is 0 Å². The second-order valence-electron chi connectivity index (χ2n) is 6.77. The summed E-state index contributed by atoms with van der Waals surface area (Å²) in [5, 5.41) is 12.7. The number of aliphatic hydroxyl groups excluding tert-OH is 1. The van der Waals surface area contributed by atoms with Crippen LogP contribution >= 0.6 is 0 Å².